The Hall–Kier alpha value is -0.160. The molecule has 0 aromatic carbocycles. The number of methoxy groups -OCH3 is 1. The molecule has 0 amide bonds. The molecular weight excluding hydrogens is 252 g/mol. The molecule has 1 heterocycles. The summed E-state index contributed by atoms with van der Waals surface area (Å²) in [5, 5.41) is 3.72. The molecule has 1 saturated heterocycles. The number of nitrogens with one attached hydrogen (secondary N) is 1. The van der Waals surface area contributed by atoms with E-state index in [0.717, 1.165) is 45.5 Å². The van der Waals surface area contributed by atoms with E-state index < -0.39 is 0 Å². The average Bonchev–Trinajstić information content (AvgIpc) is 3.19. The van der Waals surface area contributed by atoms with Crippen LogP contribution in [0.15, 0.2) is 0 Å². The van der Waals surface area contributed by atoms with E-state index >= 15 is 0 Å². The molecule has 0 aromatic rings. The Morgan fingerprint density at radius 1 is 1.45 bits per heavy atom. The average molecular weight is 284 g/mol. The third-order valence-corrected chi connectivity index (χ3v) is 4.86. The minimum Gasteiger partial charge on any atom is -0.383 e. The van der Waals surface area contributed by atoms with Gasteiger partial charge in [-0.3, -0.25) is 4.90 Å². The van der Waals surface area contributed by atoms with Gasteiger partial charge in [-0.15, -0.1) is 0 Å². The van der Waals surface area contributed by atoms with Gasteiger partial charge < -0.3 is 14.8 Å². The van der Waals surface area contributed by atoms with Gasteiger partial charge in [0.05, 0.1) is 13.2 Å². The van der Waals surface area contributed by atoms with Crippen LogP contribution in [0.4, 0.5) is 0 Å². The van der Waals surface area contributed by atoms with E-state index in [2.05, 4.69) is 24.1 Å². The molecule has 2 fully saturated rings. The van der Waals surface area contributed by atoms with Gasteiger partial charge in [0.15, 0.2) is 0 Å². The molecule has 1 saturated carbocycles. The molecule has 4 heteroatoms. The fourth-order valence-corrected chi connectivity index (χ4v) is 2.97. The van der Waals surface area contributed by atoms with Gasteiger partial charge in [-0.2, -0.15) is 0 Å². The lowest BCUT2D eigenvalue weighted by Crippen LogP contribution is -2.48. The molecule has 0 bridgehead atoms. The van der Waals surface area contributed by atoms with Crippen LogP contribution in [0.1, 0.15) is 39.5 Å². The van der Waals surface area contributed by atoms with E-state index in [4.69, 9.17) is 9.47 Å². The number of nitrogens with zero attached hydrogens (tertiary/aromatic N) is 1. The highest BCUT2D eigenvalue weighted by Gasteiger charge is 2.38. The van der Waals surface area contributed by atoms with Crippen LogP contribution in [0.3, 0.4) is 0 Å². The number of hydrogen-bond acceptors (Lipinski definition) is 4. The summed E-state index contributed by atoms with van der Waals surface area (Å²) in [5.74, 6) is 0. The second-order valence-electron chi connectivity index (χ2n) is 6.68. The normalized spacial score (nSPS) is 28.2. The van der Waals surface area contributed by atoms with Crippen LogP contribution in [-0.4, -0.2) is 63.5 Å². The van der Waals surface area contributed by atoms with E-state index in [9.17, 15) is 0 Å². The fraction of sp³-hybridized carbons (Fsp3) is 1.00. The summed E-state index contributed by atoms with van der Waals surface area (Å²) in [7, 11) is 1.79. The molecule has 1 N–H and O–H groups in total. The predicted molar refractivity (Wildman–Crippen MR) is 82.1 cm³/mol. The van der Waals surface area contributed by atoms with Gasteiger partial charge in [0.1, 0.15) is 0 Å². The lowest BCUT2D eigenvalue weighted by atomic mass is 9.85. The van der Waals surface area contributed by atoms with Crippen LogP contribution < -0.4 is 5.32 Å². The summed E-state index contributed by atoms with van der Waals surface area (Å²) in [6, 6.07) is 1.40. The third-order valence-electron chi connectivity index (χ3n) is 4.86. The van der Waals surface area contributed by atoms with E-state index in [1.807, 2.05) is 0 Å². The molecule has 2 rings (SSSR count). The number of hydrogen-bond donors (Lipinski definition) is 1. The van der Waals surface area contributed by atoms with Crippen LogP contribution in [0.25, 0.3) is 0 Å². The number of rotatable bonds is 10. The van der Waals surface area contributed by atoms with E-state index in [-0.39, 0.29) is 0 Å². The lowest BCUT2D eigenvalue weighted by Gasteiger charge is -2.37. The molecule has 0 radical (unpaired) electrons. The summed E-state index contributed by atoms with van der Waals surface area (Å²) in [4.78, 5) is 2.59. The maximum Gasteiger partial charge on any atom is 0.0589 e. The summed E-state index contributed by atoms with van der Waals surface area (Å²) >= 11 is 0. The molecule has 118 valence electrons. The first kappa shape index (κ1) is 16.2. The smallest absolute Gasteiger partial charge is 0.0589 e. The van der Waals surface area contributed by atoms with Crippen molar-refractivity contribution in [2.45, 2.75) is 51.6 Å². The third kappa shape index (κ3) is 4.69. The summed E-state index contributed by atoms with van der Waals surface area (Å²) < 4.78 is 11.0. The van der Waals surface area contributed by atoms with Gasteiger partial charge in [0, 0.05) is 50.8 Å². The van der Waals surface area contributed by atoms with Gasteiger partial charge in [0.25, 0.3) is 0 Å². The monoisotopic (exact) mass is 284 g/mol. The van der Waals surface area contributed by atoms with Gasteiger partial charge >= 0.3 is 0 Å². The van der Waals surface area contributed by atoms with E-state index in [1.165, 1.54) is 25.7 Å². The van der Waals surface area contributed by atoms with Crippen molar-refractivity contribution in [3.63, 3.8) is 0 Å². The highest BCUT2D eigenvalue weighted by atomic mass is 16.5. The maximum atomic E-state index is 5.73. The molecule has 4 nitrogen and oxygen atoms in total. The Morgan fingerprint density at radius 3 is 2.80 bits per heavy atom. The molecule has 1 aliphatic heterocycles. The van der Waals surface area contributed by atoms with Crippen LogP contribution in [0.2, 0.25) is 0 Å². The minimum absolute atomic E-state index is 0.305. The quantitative estimate of drug-likeness (QED) is 0.664. The summed E-state index contributed by atoms with van der Waals surface area (Å²) in [6.45, 7) is 10.5. The zero-order valence-electron chi connectivity index (χ0n) is 13.5. The van der Waals surface area contributed by atoms with Crippen molar-refractivity contribution in [2.24, 2.45) is 5.41 Å². The molecule has 0 aromatic heterocycles. The highest BCUT2D eigenvalue weighted by Crippen LogP contribution is 2.31. The Kier molecular flexibility index (Phi) is 6.27. The van der Waals surface area contributed by atoms with Gasteiger partial charge in [-0.1, -0.05) is 6.92 Å². The van der Waals surface area contributed by atoms with Crippen LogP contribution in [0, 0.1) is 5.41 Å². The largest absolute Gasteiger partial charge is 0.383 e. The molecule has 2 aliphatic rings. The van der Waals surface area contributed by atoms with Crippen molar-refractivity contribution >= 4 is 0 Å². The lowest BCUT2D eigenvalue weighted by molar-refractivity contribution is 0.0652. The first-order valence-electron chi connectivity index (χ1n) is 8.23. The van der Waals surface area contributed by atoms with Crippen LogP contribution >= 0.6 is 0 Å². The molecule has 2 atom stereocenters. The standard InChI is InChI=1S/C16H32N2O2/c1-4-14(2)18(8-10-19-3)12-16(7-9-20-13-16)11-17-15-5-6-15/h14-15,17H,4-13H2,1-3H3. The Balaban J connectivity index is 1.91. The van der Waals surface area contributed by atoms with E-state index in [0.29, 0.717) is 11.5 Å². The molecule has 20 heavy (non-hydrogen) atoms. The Morgan fingerprint density at radius 2 is 2.25 bits per heavy atom. The van der Waals surface area contributed by atoms with Crippen molar-refractivity contribution in [2.75, 3.05) is 46.6 Å². The minimum atomic E-state index is 0.305. The molecule has 1 aliphatic carbocycles. The van der Waals surface area contributed by atoms with Gasteiger partial charge in [-0.05, 0) is 32.6 Å². The van der Waals surface area contributed by atoms with Crippen molar-refractivity contribution in [1.29, 1.82) is 0 Å². The number of ether oxygens (including phenoxy) is 2. The summed E-state index contributed by atoms with van der Waals surface area (Å²) in [6.07, 6.45) is 5.09. The zero-order chi connectivity index (χ0) is 14.4. The fourth-order valence-electron chi connectivity index (χ4n) is 2.97. The van der Waals surface area contributed by atoms with Crippen molar-refractivity contribution in [3.8, 4) is 0 Å². The zero-order valence-corrected chi connectivity index (χ0v) is 13.5. The van der Waals surface area contributed by atoms with Crippen LogP contribution in [-0.2, 0) is 9.47 Å². The van der Waals surface area contributed by atoms with Crippen LogP contribution in [0.5, 0.6) is 0 Å². The van der Waals surface area contributed by atoms with Crippen molar-refractivity contribution in [1.82, 2.24) is 10.2 Å². The predicted octanol–water partition coefficient (Wildman–Crippen LogP) is 1.89. The van der Waals surface area contributed by atoms with Crippen molar-refractivity contribution in [3.05, 3.63) is 0 Å². The SMILES string of the molecule is CCC(C)N(CCOC)CC1(CNC2CC2)CCOC1. The summed E-state index contributed by atoms with van der Waals surface area (Å²) in [5.41, 5.74) is 0.305. The second kappa shape index (κ2) is 7.74. The second-order valence-corrected chi connectivity index (χ2v) is 6.68. The van der Waals surface area contributed by atoms with Gasteiger partial charge in [-0.25, -0.2) is 0 Å². The topological polar surface area (TPSA) is 33.7 Å². The first-order valence-corrected chi connectivity index (χ1v) is 8.23. The van der Waals surface area contributed by atoms with E-state index in [1.54, 1.807) is 7.11 Å². The maximum absolute atomic E-state index is 5.73. The molecular formula is C16H32N2O2. The molecule has 2 unspecified atom stereocenters. The van der Waals surface area contributed by atoms with Gasteiger partial charge in [0.2, 0.25) is 0 Å². The Labute approximate surface area is 124 Å². The molecule has 0 spiro atoms. The van der Waals surface area contributed by atoms with Crippen molar-refractivity contribution < 1.29 is 9.47 Å². The highest BCUT2D eigenvalue weighted by molar-refractivity contribution is 4.92. The first-order chi connectivity index (χ1) is 9.69. The Bertz CT molecular complexity index is 276.